The number of carbonyl (C=O) groups is 6. The summed E-state index contributed by atoms with van der Waals surface area (Å²) in [4.78, 5) is 90.2. The standard InChI is InChI=1S/C32H40N2O12/c1-41-26(35)19-20(27(36)42-2)24(30(39)45-5)32(31(40)46-6)23(19)21(28(37)43-3)22(29(38)44-4)25(33-17-13-9-7-10-14-17)34(32)18-15-11-8-12-16-18/h17-18H,7-16H2,1-6H3. The van der Waals surface area contributed by atoms with Crippen molar-refractivity contribution < 1.29 is 57.2 Å². The van der Waals surface area contributed by atoms with Gasteiger partial charge in [-0.2, -0.15) is 0 Å². The molecule has 0 aromatic carbocycles. The smallest absolute Gasteiger partial charge is 0.342 e. The van der Waals surface area contributed by atoms with E-state index in [9.17, 15) is 28.8 Å². The summed E-state index contributed by atoms with van der Waals surface area (Å²) in [5.74, 6) is -7.04. The summed E-state index contributed by atoms with van der Waals surface area (Å²) in [7, 11) is 6.28. The molecule has 2 fully saturated rings. The minimum Gasteiger partial charge on any atom is -0.467 e. The summed E-state index contributed by atoms with van der Waals surface area (Å²) in [5.41, 5.74) is -6.06. The lowest BCUT2D eigenvalue weighted by Crippen LogP contribution is -2.67. The van der Waals surface area contributed by atoms with E-state index < -0.39 is 80.8 Å². The van der Waals surface area contributed by atoms with Gasteiger partial charge in [0.25, 0.3) is 0 Å². The number of nitrogens with zero attached hydrogens (tertiary/aromatic N) is 2. The third-order valence-corrected chi connectivity index (χ3v) is 9.03. The van der Waals surface area contributed by atoms with Gasteiger partial charge in [-0.05, 0) is 25.7 Å². The number of amidine groups is 1. The molecule has 0 aromatic heterocycles. The molecule has 1 atom stereocenters. The average molecular weight is 645 g/mol. The van der Waals surface area contributed by atoms with E-state index in [0.717, 1.165) is 68.3 Å². The van der Waals surface area contributed by atoms with Crippen LogP contribution in [0.2, 0.25) is 0 Å². The zero-order chi connectivity index (χ0) is 33.8. The van der Waals surface area contributed by atoms with E-state index in [2.05, 4.69) is 0 Å². The highest BCUT2D eigenvalue weighted by molar-refractivity contribution is 6.32. The van der Waals surface area contributed by atoms with E-state index in [-0.39, 0.29) is 11.9 Å². The molecule has 1 unspecified atom stereocenters. The number of esters is 6. The molecule has 250 valence electrons. The largest absolute Gasteiger partial charge is 0.467 e. The van der Waals surface area contributed by atoms with Crippen molar-refractivity contribution in [1.82, 2.24) is 4.90 Å². The first-order chi connectivity index (χ1) is 22.1. The topological polar surface area (TPSA) is 173 Å². The molecule has 1 aliphatic heterocycles. The summed E-state index contributed by atoms with van der Waals surface area (Å²) in [6, 6.07) is -0.930. The third kappa shape index (κ3) is 5.47. The molecule has 3 aliphatic carbocycles. The monoisotopic (exact) mass is 644 g/mol. The minimum atomic E-state index is -2.54. The van der Waals surface area contributed by atoms with Gasteiger partial charge in [-0.1, -0.05) is 38.5 Å². The van der Waals surface area contributed by atoms with Gasteiger partial charge >= 0.3 is 35.8 Å². The number of ether oxygens (including phenoxy) is 6. The van der Waals surface area contributed by atoms with Gasteiger partial charge in [0.15, 0.2) is 0 Å². The fraction of sp³-hybridized carbons (Fsp3) is 0.594. The van der Waals surface area contributed by atoms with Crippen LogP contribution in [-0.2, 0) is 57.2 Å². The zero-order valence-electron chi connectivity index (χ0n) is 27.0. The quantitative estimate of drug-likeness (QED) is 0.278. The SMILES string of the molecule is COC(=O)C1=C(C(=O)OC)C2=C(C(=O)OC)C(C(=O)OC)=C(C(=O)OC)C2(C(=O)OC)N(C2CCCCC2)C1=NC1CCCCC1. The fourth-order valence-electron chi connectivity index (χ4n) is 7.11. The fourth-order valence-corrected chi connectivity index (χ4v) is 7.11. The van der Waals surface area contributed by atoms with Crippen molar-refractivity contribution >= 4 is 41.7 Å². The van der Waals surface area contributed by atoms with Gasteiger partial charge in [-0.25, -0.2) is 28.8 Å². The average Bonchev–Trinajstić information content (AvgIpc) is 3.41. The maximum atomic E-state index is 14.6. The summed E-state index contributed by atoms with van der Waals surface area (Å²) >= 11 is 0. The maximum absolute atomic E-state index is 14.6. The molecule has 0 N–H and O–H groups in total. The second-order valence-corrected chi connectivity index (χ2v) is 11.3. The lowest BCUT2D eigenvalue weighted by Gasteiger charge is -2.51. The number of hydrogen-bond acceptors (Lipinski definition) is 13. The number of methoxy groups -OCH3 is 6. The van der Waals surface area contributed by atoms with Gasteiger partial charge in [0.2, 0.25) is 5.54 Å². The molecule has 0 aromatic rings. The van der Waals surface area contributed by atoms with Crippen LogP contribution >= 0.6 is 0 Å². The Hall–Kier alpha value is -4.49. The Morgan fingerprint density at radius 2 is 1.02 bits per heavy atom. The molecule has 46 heavy (non-hydrogen) atoms. The zero-order valence-corrected chi connectivity index (χ0v) is 27.0. The molecule has 2 saturated carbocycles. The summed E-state index contributed by atoms with van der Waals surface area (Å²) in [6.07, 6.45) is 7.22. The summed E-state index contributed by atoms with van der Waals surface area (Å²) < 4.78 is 30.9. The Morgan fingerprint density at radius 1 is 0.565 bits per heavy atom. The molecule has 14 nitrogen and oxygen atoms in total. The van der Waals surface area contributed by atoms with Gasteiger partial charge in [0.05, 0.1) is 71.0 Å². The van der Waals surface area contributed by atoms with Crippen molar-refractivity contribution in [2.45, 2.75) is 81.8 Å². The van der Waals surface area contributed by atoms with Crippen LogP contribution < -0.4 is 0 Å². The van der Waals surface area contributed by atoms with Crippen molar-refractivity contribution in [2.24, 2.45) is 4.99 Å². The molecule has 4 aliphatic rings. The predicted octanol–water partition coefficient (Wildman–Crippen LogP) is 2.05. The molecular weight excluding hydrogens is 604 g/mol. The van der Waals surface area contributed by atoms with Crippen LogP contribution in [0.4, 0.5) is 0 Å². The minimum absolute atomic E-state index is 0.114. The summed E-state index contributed by atoms with van der Waals surface area (Å²) in [5, 5.41) is 0. The molecule has 0 saturated heterocycles. The van der Waals surface area contributed by atoms with Gasteiger partial charge in [0, 0.05) is 11.6 Å². The highest BCUT2D eigenvalue weighted by atomic mass is 16.5. The van der Waals surface area contributed by atoms with Gasteiger partial charge in [-0.15, -0.1) is 0 Å². The van der Waals surface area contributed by atoms with Crippen LogP contribution in [0, 0.1) is 0 Å². The van der Waals surface area contributed by atoms with Crippen molar-refractivity contribution in [2.75, 3.05) is 42.7 Å². The number of carbonyl (C=O) groups excluding carboxylic acids is 6. The molecule has 0 spiro atoms. The third-order valence-electron chi connectivity index (χ3n) is 9.03. The van der Waals surface area contributed by atoms with E-state index >= 15 is 0 Å². The highest BCUT2D eigenvalue weighted by Gasteiger charge is 2.69. The van der Waals surface area contributed by atoms with E-state index in [4.69, 9.17) is 33.4 Å². The highest BCUT2D eigenvalue weighted by Crippen LogP contribution is 2.55. The van der Waals surface area contributed by atoms with E-state index in [1.165, 1.54) is 4.90 Å². The second kappa shape index (κ2) is 14.3. The Morgan fingerprint density at radius 3 is 1.52 bits per heavy atom. The number of hydrogen-bond donors (Lipinski definition) is 0. The van der Waals surface area contributed by atoms with Crippen LogP contribution in [0.5, 0.6) is 0 Å². The van der Waals surface area contributed by atoms with Crippen LogP contribution in [0.3, 0.4) is 0 Å². The second-order valence-electron chi connectivity index (χ2n) is 11.3. The Bertz CT molecular complexity index is 1440. The lowest BCUT2D eigenvalue weighted by atomic mass is 9.72. The number of rotatable bonds is 8. The van der Waals surface area contributed by atoms with Crippen molar-refractivity contribution in [3.05, 3.63) is 33.4 Å². The van der Waals surface area contributed by atoms with Gasteiger partial charge in [-0.3, -0.25) is 4.99 Å². The van der Waals surface area contributed by atoms with E-state index in [1.54, 1.807) is 0 Å². The lowest BCUT2D eigenvalue weighted by molar-refractivity contribution is -0.153. The van der Waals surface area contributed by atoms with Crippen LogP contribution in [0.1, 0.15) is 64.2 Å². The maximum Gasteiger partial charge on any atom is 0.342 e. The molecule has 4 rings (SSSR count). The number of aliphatic imine (C=N–C) groups is 1. The van der Waals surface area contributed by atoms with Crippen LogP contribution in [0.25, 0.3) is 0 Å². The molecule has 1 heterocycles. The van der Waals surface area contributed by atoms with E-state index in [0.29, 0.717) is 38.5 Å². The first kappa shape index (κ1) is 34.4. The summed E-state index contributed by atoms with van der Waals surface area (Å²) in [6.45, 7) is 0. The first-order valence-corrected chi connectivity index (χ1v) is 15.2. The van der Waals surface area contributed by atoms with Gasteiger partial charge < -0.3 is 33.3 Å². The predicted molar refractivity (Wildman–Crippen MR) is 159 cm³/mol. The molecular formula is C32H40N2O12. The first-order valence-electron chi connectivity index (χ1n) is 15.2. The van der Waals surface area contributed by atoms with Gasteiger partial charge in [0.1, 0.15) is 11.4 Å². The molecule has 14 heteroatoms. The van der Waals surface area contributed by atoms with Crippen molar-refractivity contribution in [3.63, 3.8) is 0 Å². The van der Waals surface area contributed by atoms with Crippen LogP contribution in [-0.4, -0.2) is 107 Å². The normalized spacial score (nSPS) is 23.2. The van der Waals surface area contributed by atoms with Crippen LogP contribution in [0.15, 0.2) is 38.4 Å². The Balaban J connectivity index is 2.38. The number of fused-ring (bicyclic) bond motifs is 1. The molecule has 0 bridgehead atoms. The van der Waals surface area contributed by atoms with Crippen molar-refractivity contribution in [3.8, 4) is 0 Å². The van der Waals surface area contributed by atoms with E-state index in [1.807, 2.05) is 0 Å². The van der Waals surface area contributed by atoms with Crippen molar-refractivity contribution in [1.29, 1.82) is 0 Å². The Kier molecular flexibility index (Phi) is 10.7. The molecule has 0 radical (unpaired) electrons. The molecule has 0 amide bonds. The Labute approximate surface area is 266 Å².